The standard InChI is InChI=1S/C28H32N4O6/c1-18(2)16-38-28(35)32-14-12-21(23(15-32)27(34)31-36)26(33)30-20-9-7-19(8-10-20)17-37-25-11-13-29-24-6-4-3-5-22(24)25/h3-11,13,18,21,23,36H,12,14-17H2,1-2H3,(H,30,33)(H,31,34)/t21-,23-/m0/s1. The Morgan fingerprint density at radius 1 is 1.05 bits per heavy atom. The number of carbonyl (C=O) groups is 3. The number of piperidine rings is 1. The summed E-state index contributed by atoms with van der Waals surface area (Å²) in [5, 5.41) is 13.0. The molecule has 0 bridgehead atoms. The van der Waals surface area contributed by atoms with E-state index in [2.05, 4.69) is 10.3 Å². The van der Waals surface area contributed by atoms with Crippen molar-refractivity contribution in [2.75, 3.05) is 25.0 Å². The summed E-state index contributed by atoms with van der Waals surface area (Å²) in [5.74, 6) is -1.81. The fourth-order valence-corrected chi connectivity index (χ4v) is 4.39. The van der Waals surface area contributed by atoms with E-state index in [9.17, 15) is 19.6 Å². The Morgan fingerprint density at radius 2 is 1.82 bits per heavy atom. The molecule has 10 nitrogen and oxygen atoms in total. The molecule has 3 amide bonds. The minimum Gasteiger partial charge on any atom is -0.488 e. The summed E-state index contributed by atoms with van der Waals surface area (Å²) >= 11 is 0. The molecule has 1 aliphatic rings. The number of rotatable bonds is 8. The second-order valence-electron chi connectivity index (χ2n) is 9.70. The molecular formula is C28H32N4O6. The van der Waals surface area contributed by atoms with Crippen LogP contribution in [0.15, 0.2) is 60.8 Å². The van der Waals surface area contributed by atoms with Crippen molar-refractivity contribution < 1.29 is 29.1 Å². The van der Waals surface area contributed by atoms with Gasteiger partial charge in [0, 0.05) is 30.4 Å². The molecule has 3 N–H and O–H groups in total. The van der Waals surface area contributed by atoms with E-state index in [0.29, 0.717) is 12.3 Å². The van der Waals surface area contributed by atoms with Gasteiger partial charge in [0.25, 0.3) is 0 Å². The molecule has 200 valence electrons. The van der Waals surface area contributed by atoms with Gasteiger partial charge in [-0.1, -0.05) is 38.1 Å². The molecule has 1 saturated heterocycles. The van der Waals surface area contributed by atoms with Gasteiger partial charge in [0.05, 0.1) is 24.0 Å². The number of amides is 3. The summed E-state index contributed by atoms with van der Waals surface area (Å²) in [6.45, 7) is 4.69. The van der Waals surface area contributed by atoms with Gasteiger partial charge in [0.1, 0.15) is 12.4 Å². The number of fused-ring (bicyclic) bond motifs is 1. The van der Waals surface area contributed by atoms with E-state index < -0.39 is 23.8 Å². The Balaban J connectivity index is 1.35. The Bertz CT molecular complexity index is 1270. The minimum absolute atomic E-state index is 0.0264. The predicted molar refractivity (Wildman–Crippen MR) is 140 cm³/mol. The lowest BCUT2D eigenvalue weighted by atomic mass is 9.84. The third-order valence-electron chi connectivity index (χ3n) is 6.42. The topological polar surface area (TPSA) is 130 Å². The lowest BCUT2D eigenvalue weighted by molar-refractivity contribution is -0.141. The van der Waals surface area contributed by atoms with Crippen LogP contribution in [0, 0.1) is 17.8 Å². The number of para-hydroxylation sites is 1. The number of likely N-dealkylation sites (tertiary alicyclic amines) is 1. The first-order valence-electron chi connectivity index (χ1n) is 12.6. The van der Waals surface area contributed by atoms with Gasteiger partial charge >= 0.3 is 6.09 Å². The normalized spacial score (nSPS) is 17.2. The number of carbonyl (C=O) groups excluding carboxylic acids is 3. The van der Waals surface area contributed by atoms with Crippen LogP contribution in [-0.4, -0.2) is 52.7 Å². The fraction of sp³-hybridized carbons (Fsp3) is 0.357. The van der Waals surface area contributed by atoms with Crippen molar-refractivity contribution in [1.29, 1.82) is 0 Å². The van der Waals surface area contributed by atoms with E-state index in [4.69, 9.17) is 9.47 Å². The largest absolute Gasteiger partial charge is 0.488 e. The van der Waals surface area contributed by atoms with Crippen LogP contribution in [0.25, 0.3) is 10.9 Å². The number of benzene rings is 2. The smallest absolute Gasteiger partial charge is 0.409 e. The van der Waals surface area contributed by atoms with E-state index in [1.807, 2.05) is 56.3 Å². The average molecular weight is 521 g/mol. The quantitative estimate of drug-likeness (QED) is 0.302. The van der Waals surface area contributed by atoms with Gasteiger partial charge < -0.3 is 19.7 Å². The Labute approximate surface area is 220 Å². The third kappa shape index (κ3) is 6.57. The van der Waals surface area contributed by atoms with Crippen molar-refractivity contribution in [2.45, 2.75) is 26.9 Å². The van der Waals surface area contributed by atoms with Crippen LogP contribution in [0.4, 0.5) is 10.5 Å². The molecule has 1 aliphatic heterocycles. The molecule has 38 heavy (non-hydrogen) atoms. The number of ether oxygens (including phenoxy) is 2. The SMILES string of the molecule is CC(C)COC(=O)N1CC[C@H](C(=O)Nc2ccc(COc3ccnc4ccccc34)cc2)[C@@H](C(=O)NO)C1. The zero-order chi connectivity index (χ0) is 27.1. The average Bonchev–Trinajstić information content (AvgIpc) is 2.94. The van der Waals surface area contributed by atoms with Crippen LogP contribution >= 0.6 is 0 Å². The van der Waals surface area contributed by atoms with Crippen molar-refractivity contribution in [3.8, 4) is 5.75 Å². The Hall–Kier alpha value is -4.18. The summed E-state index contributed by atoms with van der Waals surface area (Å²) in [6.07, 6.45) is 1.43. The van der Waals surface area contributed by atoms with E-state index in [1.165, 1.54) is 4.90 Å². The molecule has 0 aliphatic carbocycles. The van der Waals surface area contributed by atoms with Crippen LogP contribution < -0.4 is 15.5 Å². The van der Waals surface area contributed by atoms with Crippen molar-refractivity contribution in [3.05, 3.63) is 66.4 Å². The first-order chi connectivity index (χ1) is 18.4. The monoisotopic (exact) mass is 520 g/mol. The summed E-state index contributed by atoms with van der Waals surface area (Å²) in [5.41, 5.74) is 3.96. The van der Waals surface area contributed by atoms with E-state index in [0.717, 1.165) is 22.2 Å². The zero-order valence-electron chi connectivity index (χ0n) is 21.4. The number of hydrogen-bond acceptors (Lipinski definition) is 7. The van der Waals surface area contributed by atoms with E-state index in [1.54, 1.807) is 23.8 Å². The number of hydroxylamine groups is 1. The molecule has 1 fully saturated rings. The second-order valence-corrected chi connectivity index (χ2v) is 9.70. The molecule has 0 spiro atoms. The van der Waals surface area contributed by atoms with Gasteiger partial charge in [-0.25, -0.2) is 10.3 Å². The highest BCUT2D eigenvalue weighted by Crippen LogP contribution is 2.27. The lowest BCUT2D eigenvalue weighted by Crippen LogP contribution is -2.52. The minimum atomic E-state index is -0.914. The molecule has 2 heterocycles. The predicted octanol–water partition coefficient (Wildman–Crippen LogP) is 3.99. The number of nitrogens with one attached hydrogen (secondary N) is 2. The van der Waals surface area contributed by atoms with Gasteiger partial charge in [-0.3, -0.25) is 19.8 Å². The third-order valence-corrected chi connectivity index (χ3v) is 6.42. The van der Waals surface area contributed by atoms with Crippen LogP contribution in [0.1, 0.15) is 25.8 Å². The molecule has 0 radical (unpaired) electrons. The lowest BCUT2D eigenvalue weighted by Gasteiger charge is -2.36. The Kier molecular flexibility index (Phi) is 8.75. The number of hydrogen-bond donors (Lipinski definition) is 3. The number of anilines is 1. The molecule has 0 unspecified atom stereocenters. The van der Waals surface area contributed by atoms with Crippen molar-refractivity contribution in [1.82, 2.24) is 15.4 Å². The maximum Gasteiger partial charge on any atom is 0.409 e. The van der Waals surface area contributed by atoms with Gasteiger partial charge in [0.2, 0.25) is 11.8 Å². The maximum atomic E-state index is 13.1. The van der Waals surface area contributed by atoms with Crippen LogP contribution in [0.5, 0.6) is 5.75 Å². The van der Waals surface area contributed by atoms with Gasteiger partial charge in [-0.15, -0.1) is 0 Å². The van der Waals surface area contributed by atoms with E-state index in [-0.39, 0.29) is 37.9 Å². The van der Waals surface area contributed by atoms with Gasteiger partial charge in [0.15, 0.2) is 0 Å². The second kappa shape index (κ2) is 12.4. The highest BCUT2D eigenvalue weighted by molar-refractivity contribution is 5.96. The number of nitrogens with zero attached hydrogens (tertiary/aromatic N) is 2. The molecule has 10 heteroatoms. The van der Waals surface area contributed by atoms with Crippen molar-refractivity contribution in [2.24, 2.45) is 17.8 Å². The van der Waals surface area contributed by atoms with Crippen molar-refractivity contribution >= 4 is 34.5 Å². The summed E-state index contributed by atoms with van der Waals surface area (Å²) < 4.78 is 11.3. The number of aromatic nitrogens is 1. The van der Waals surface area contributed by atoms with Crippen LogP contribution in [0.3, 0.4) is 0 Å². The highest BCUT2D eigenvalue weighted by Gasteiger charge is 2.40. The Morgan fingerprint density at radius 3 is 2.55 bits per heavy atom. The molecule has 3 aromatic rings. The molecule has 0 saturated carbocycles. The highest BCUT2D eigenvalue weighted by atomic mass is 16.6. The van der Waals surface area contributed by atoms with Crippen LogP contribution in [0.2, 0.25) is 0 Å². The van der Waals surface area contributed by atoms with Crippen LogP contribution in [-0.2, 0) is 20.9 Å². The molecule has 2 aromatic carbocycles. The first-order valence-corrected chi connectivity index (χ1v) is 12.6. The molecule has 1 aromatic heterocycles. The summed E-state index contributed by atoms with van der Waals surface area (Å²) in [4.78, 5) is 43.5. The van der Waals surface area contributed by atoms with Gasteiger partial charge in [-0.2, -0.15) is 0 Å². The first kappa shape index (κ1) is 26.9. The molecule has 4 rings (SSSR count). The zero-order valence-corrected chi connectivity index (χ0v) is 21.4. The van der Waals surface area contributed by atoms with Crippen molar-refractivity contribution in [3.63, 3.8) is 0 Å². The summed E-state index contributed by atoms with van der Waals surface area (Å²) in [6, 6.07) is 16.8. The van der Waals surface area contributed by atoms with E-state index >= 15 is 0 Å². The maximum absolute atomic E-state index is 13.1. The summed E-state index contributed by atoms with van der Waals surface area (Å²) in [7, 11) is 0. The molecule has 2 atom stereocenters. The number of pyridine rings is 1. The van der Waals surface area contributed by atoms with Gasteiger partial charge in [-0.05, 0) is 48.2 Å². The fourth-order valence-electron chi connectivity index (χ4n) is 4.39. The molecular weight excluding hydrogens is 488 g/mol.